The van der Waals surface area contributed by atoms with Gasteiger partial charge in [0.2, 0.25) is 0 Å². The third kappa shape index (κ3) is 2.31. The van der Waals surface area contributed by atoms with E-state index in [0.29, 0.717) is 0 Å². The molecule has 4 rings (SSSR count). The Labute approximate surface area is 128 Å². The van der Waals surface area contributed by atoms with Gasteiger partial charge in [-0.25, -0.2) is 9.97 Å². The Kier molecular flexibility index (Phi) is 3.23. The standard InChI is InChI=1S/C16H18N6/c1-21-8-10-22(11-9-21)16-14-13(4-7-18-16)19-15(20-14)12-2-5-17-6-3-12/h2-7H,8-11H2,1H3,(H,19,20). The number of nitrogens with one attached hydrogen (secondary N) is 1. The van der Waals surface area contributed by atoms with E-state index in [1.807, 2.05) is 24.4 Å². The third-order valence-corrected chi connectivity index (χ3v) is 4.14. The number of rotatable bonds is 2. The molecule has 1 N–H and O–H groups in total. The van der Waals surface area contributed by atoms with Gasteiger partial charge in [0.15, 0.2) is 5.82 Å². The molecule has 0 atom stereocenters. The van der Waals surface area contributed by atoms with Crippen LogP contribution in [0.4, 0.5) is 5.82 Å². The molecule has 4 heterocycles. The average molecular weight is 294 g/mol. The highest BCUT2D eigenvalue weighted by Crippen LogP contribution is 2.26. The maximum Gasteiger partial charge on any atom is 0.156 e. The summed E-state index contributed by atoms with van der Waals surface area (Å²) in [6.07, 6.45) is 5.41. The van der Waals surface area contributed by atoms with Crippen molar-refractivity contribution in [3.05, 3.63) is 36.8 Å². The van der Waals surface area contributed by atoms with E-state index in [0.717, 1.165) is 54.4 Å². The molecule has 1 aliphatic rings. The van der Waals surface area contributed by atoms with Crippen molar-refractivity contribution >= 4 is 16.9 Å². The molecule has 6 heteroatoms. The summed E-state index contributed by atoms with van der Waals surface area (Å²) in [4.78, 5) is 21.4. The van der Waals surface area contributed by atoms with Crippen LogP contribution in [0.2, 0.25) is 0 Å². The number of likely N-dealkylation sites (N-methyl/N-ethyl adjacent to an activating group) is 1. The van der Waals surface area contributed by atoms with Crippen LogP contribution in [-0.2, 0) is 0 Å². The SMILES string of the molecule is CN1CCN(c2nccc3[nH]c(-c4ccncc4)nc23)CC1. The number of nitrogens with zero attached hydrogens (tertiary/aromatic N) is 5. The molecule has 0 spiro atoms. The fraction of sp³-hybridized carbons (Fsp3) is 0.312. The molecular weight excluding hydrogens is 276 g/mol. The summed E-state index contributed by atoms with van der Waals surface area (Å²) in [6.45, 7) is 4.08. The monoisotopic (exact) mass is 294 g/mol. The highest BCUT2D eigenvalue weighted by Gasteiger charge is 2.19. The molecule has 1 fully saturated rings. The maximum atomic E-state index is 4.78. The van der Waals surface area contributed by atoms with Crippen molar-refractivity contribution in [2.24, 2.45) is 0 Å². The van der Waals surface area contributed by atoms with Crippen molar-refractivity contribution in [1.29, 1.82) is 0 Å². The molecule has 0 aliphatic carbocycles. The largest absolute Gasteiger partial charge is 0.352 e. The van der Waals surface area contributed by atoms with Gasteiger partial charge in [0.1, 0.15) is 11.3 Å². The number of imidazole rings is 1. The van der Waals surface area contributed by atoms with Crippen molar-refractivity contribution in [1.82, 2.24) is 24.8 Å². The number of aromatic nitrogens is 4. The highest BCUT2D eigenvalue weighted by atomic mass is 15.3. The van der Waals surface area contributed by atoms with E-state index in [1.54, 1.807) is 12.4 Å². The van der Waals surface area contributed by atoms with Crippen LogP contribution >= 0.6 is 0 Å². The number of H-pyrrole nitrogens is 1. The summed E-state index contributed by atoms with van der Waals surface area (Å²) in [5, 5.41) is 0. The fourth-order valence-electron chi connectivity index (χ4n) is 2.82. The van der Waals surface area contributed by atoms with Gasteiger partial charge < -0.3 is 14.8 Å². The van der Waals surface area contributed by atoms with E-state index in [-0.39, 0.29) is 0 Å². The number of pyridine rings is 2. The Bertz CT molecular complexity index is 774. The van der Waals surface area contributed by atoms with Gasteiger partial charge in [0.25, 0.3) is 0 Å². The molecule has 3 aromatic heterocycles. The van der Waals surface area contributed by atoms with Gasteiger partial charge in [-0.1, -0.05) is 0 Å². The van der Waals surface area contributed by atoms with Crippen LogP contribution in [0.3, 0.4) is 0 Å². The van der Waals surface area contributed by atoms with Crippen LogP contribution in [0.15, 0.2) is 36.8 Å². The van der Waals surface area contributed by atoms with Crippen molar-refractivity contribution in [2.75, 3.05) is 38.1 Å². The Morgan fingerprint density at radius 1 is 1.00 bits per heavy atom. The number of piperazine rings is 1. The Morgan fingerprint density at radius 2 is 1.77 bits per heavy atom. The summed E-state index contributed by atoms with van der Waals surface area (Å²) < 4.78 is 0. The zero-order chi connectivity index (χ0) is 14.9. The van der Waals surface area contributed by atoms with Crippen molar-refractivity contribution < 1.29 is 0 Å². The minimum Gasteiger partial charge on any atom is -0.352 e. The molecule has 0 unspecified atom stereocenters. The van der Waals surface area contributed by atoms with Gasteiger partial charge in [-0.15, -0.1) is 0 Å². The molecule has 0 amide bonds. The molecule has 112 valence electrons. The predicted molar refractivity (Wildman–Crippen MR) is 86.8 cm³/mol. The molecule has 0 saturated carbocycles. The van der Waals surface area contributed by atoms with Crippen LogP contribution in [0, 0.1) is 0 Å². The van der Waals surface area contributed by atoms with Crippen LogP contribution in [0.5, 0.6) is 0 Å². The molecule has 6 nitrogen and oxygen atoms in total. The van der Waals surface area contributed by atoms with E-state index >= 15 is 0 Å². The summed E-state index contributed by atoms with van der Waals surface area (Å²) >= 11 is 0. The van der Waals surface area contributed by atoms with Crippen LogP contribution in [0.1, 0.15) is 0 Å². The lowest BCUT2D eigenvalue weighted by Crippen LogP contribution is -2.44. The first kappa shape index (κ1) is 13.2. The summed E-state index contributed by atoms with van der Waals surface area (Å²) in [6, 6.07) is 5.90. The lowest BCUT2D eigenvalue weighted by atomic mass is 10.2. The quantitative estimate of drug-likeness (QED) is 0.780. The number of anilines is 1. The topological polar surface area (TPSA) is 60.9 Å². The van der Waals surface area contributed by atoms with Crippen LogP contribution < -0.4 is 4.90 Å². The minimum absolute atomic E-state index is 0.862. The second kappa shape index (κ2) is 5.38. The zero-order valence-corrected chi connectivity index (χ0v) is 12.5. The summed E-state index contributed by atoms with van der Waals surface area (Å²) in [5.74, 6) is 1.84. The van der Waals surface area contributed by atoms with E-state index in [1.165, 1.54) is 0 Å². The maximum absolute atomic E-state index is 4.78. The molecule has 0 aromatic carbocycles. The van der Waals surface area contributed by atoms with Crippen LogP contribution in [-0.4, -0.2) is 58.1 Å². The summed E-state index contributed by atoms with van der Waals surface area (Å²) in [7, 11) is 2.15. The fourth-order valence-corrected chi connectivity index (χ4v) is 2.82. The third-order valence-electron chi connectivity index (χ3n) is 4.14. The van der Waals surface area contributed by atoms with E-state index in [2.05, 4.69) is 31.8 Å². The summed E-state index contributed by atoms with van der Waals surface area (Å²) in [5.41, 5.74) is 3.00. The molecule has 0 bridgehead atoms. The minimum atomic E-state index is 0.862. The second-order valence-electron chi connectivity index (χ2n) is 5.64. The van der Waals surface area contributed by atoms with Gasteiger partial charge in [-0.05, 0) is 25.2 Å². The first-order chi connectivity index (χ1) is 10.8. The van der Waals surface area contributed by atoms with Gasteiger partial charge in [-0.2, -0.15) is 0 Å². The molecule has 1 saturated heterocycles. The van der Waals surface area contributed by atoms with Gasteiger partial charge in [-0.3, -0.25) is 4.98 Å². The zero-order valence-electron chi connectivity index (χ0n) is 12.5. The molecular formula is C16H18N6. The average Bonchev–Trinajstić information content (AvgIpc) is 3.01. The van der Waals surface area contributed by atoms with Gasteiger partial charge >= 0.3 is 0 Å². The number of aromatic amines is 1. The first-order valence-corrected chi connectivity index (χ1v) is 7.50. The lowest BCUT2D eigenvalue weighted by molar-refractivity contribution is 0.312. The molecule has 3 aromatic rings. The first-order valence-electron chi connectivity index (χ1n) is 7.50. The normalized spacial score (nSPS) is 16.3. The number of hydrogen-bond acceptors (Lipinski definition) is 5. The lowest BCUT2D eigenvalue weighted by Gasteiger charge is -2.33. The Balaban J connectivity index is 1.75. The second-order valence-corrected chi connectivity index (χ2v) is 5.64. The smallest absolute Gasteiger partial charge is 0.156 e. The van der Waals surface area contributed by atoms with Gasteiger partial charge in [0, 0.05) is 50.3 Å². The number of hydrogen-bond donors (Lipinski definition) is 1. The predicted octanol–water partition coefficient (Wildman–Crippen LogP) is 1.77. The van der Waals surface area contributed by atoms with E-state index in [9.17, 15) is 0 Å². The highest BCUT2D eigenvalue weighted by molar-refractivity contribution is 5.88. The van der Waals surface area contributed by atoms with E-state index < -0.39 is 0 Å². The molecule has 1 aliphatic heterocycles. The number of fused-ring (bicyclic) bond motifs is 1. The Morgan fingerprint density at radius 3 is 2.55 bits per heavy atom. The van der Waals surface area contributed by atoms with Crippen molar-refractivity contribution in [2.45, 2.75) is 0 Å². The molecule has 22 heavy (non-hydrogen) atoms. The molecule has 0 radical (unpaired) electrons. The Hall–Kier alpha value is -2.47. The van der Waals surface area contributed by atoms with Crippen LogP contribution in [0.25, 0.3) is 22.4 Å². The van der Waals surface area contributed by atoms with Gasteiger partial charge in [0.05, 0.1) is 5.52 Å². The van der Waals surface area contributed by atoms with Crippen molar-refractivity contribution in [3.8, 4) is 11.4 Å². The van der Waals surface area contributed by atoms with E-state index in [4.69, 9.17) is 4.98 Å². The van der Waals surface area contributed by atoms with Crippen molar-refractivity contribution in [3.63, 3.8) is 0 Å².